The third-order valence-corrected chi connectivity index (χ3v) is 3.87. The van der Waals surface area contributed by atoms with Gasteiger partial charge in [-0.25, -0.2) is 0 Å². The van der Waals surface area contributed by atoms with Gasteiger partial charge >= 0.3 is 18.1 Å². The van der Waals surface area contributed by atoms with Crippen LogP contribution in [0.15, 0.2) is 30.3 Å². The van der Waals surface area contributed by atoms with Crippen LogP contribution in [-0.4, -0.2) is 41.2 Å². The van der Waals surface area contributed by atoms with Gasteiger partial charge in [0.25, 0.3) is 0 Å². The number of alkyl halides is 3. The quantitative estimate of drug-likeness (QED) is 0.605. The number of carbonyl (C=O) groups excluding carboxylic acids is 2. The Bertz CT molecular complexity index is 648. The Morgan fingerprint density at radius 1 is 1.07 bits per heavy atom. The molecule has 2 atom stereocenters. The summed E-state index contributed by atoms with van der Waals surface area (Å²) in [4.78, 5) is 34.5. The van der Waals surface area contributed by atoms with E-state index < -0.39 is 42.0 Å². The predicted octanol–water partition coefficient (Wildman–Crippen LogP) is 2.28. The van der Waals surface area contributed by atoms with E-state index in [0.29, 0.717) is 6.42 Å². The van der Waals surface area contributed by atoms with Crippen molar-refractivity contribution < 1.29 is 32.7 Å². The Hall–Kier alpha value is -2.58. The molecule has 0 bridgehead atoms. The minimum Gasteiger partial charge on any atom is -0.481 e. The zero-order valence-electron chi connectivity index (χ0n) is 15.0. The second-order valence-corrected chi connectivity index (χ2v) is 6.52. The fourth-order valence-corrected chi connectivity index (χ4v) is 2.47. The van der Waals surface area contributed by atoms with E-state index in [1.165, 1.54) is 13.8 Å². The Morgan fingerprint density at radius 2 is 1.67 bits per heavy atom. The van der Waals surface area contributed by atoms with Crippen LogP contribution in [0.5, 0.6) is 0 Å². The van der Waals surface area contributed by atoms with E-state index in [-0.39, 0.29) is 12.8 Å². The molecule has 0 aliphatic rings. The lowest BCUT2D eigenvalue weighted by atomic mass is 9.99. The van der Waals surface area contributed by atoms with Gasteiger partial charge in [0.05, 0.1) is 0 Å². The molecule has 0 saturated carbocycles. The molecule has 0 radical (unpaired) electrons. The lowest BCUT2D eigenvalue weighted by molar-refractivity contribution is -0.175. The van der Waals surface area contributed by atoms with E-state index in [1.54, 1.807) is 35.6 Å². The molecule has 27 heavy (non-hydrogen) atoms. The van der Waals surface area contributed by atoms with Crippen LogP contribution in [0, 0.1) is 5.92 Å². The van der Waals surface area contributed by atoms with Crippen molar-refractivity contribution in [3.05, 3.63) is 35.9 Å². The van der Waals surface area contributed by atoms with E-state index in [2.05, 4.69) is 5.32 Å². The molecule has 6 nitrogen and oxygen atoms in total. The first kappa shape index (κ1) is 22.5. The van der Waals surface area contributed by atoms with Crippen LogP contribution in [-0.2, 0) is 20.8 Å². The fraction of sp³-hybridized carbons (Fsp3) is 0.500. The Balaban J connectivity index is 2.86. The number of hydrogen-bond donors (Lipinski definition) is 3. The van der Waals surface area contributed by atoms with Crippen LogP contribution in [0.25, 0.3) is 0 Å². The molecule has 1 unspecified atom stereocenters. The molecule has 0 heterocycles. The van der Waals surface area contributed by atoms with E-state index >= 15 is 0 Å². The van der Waals surface area contributed by atoms with Gasteiger partial charge in [-0.15, -0.1) is 0 Å². The normalized spacial score (nSPS) is 13.7. The Kier molecular flexibility index (Phi) is 8.27. The van der Waals surface area contributed by atoms with Crippen molar-refractivity contribution in [3.8, 4) is 0 Å². The molecule has 1 aromatic rings. The number of carbonyl (C=O) groups is 3. The Labute approximate surface area is 155 Å². The maximum atomic E-state index is 12.5. The van der Waals surface area contributed by atoms with Gasteiger partial charge in [-0.3, -0.25) is 14.4 Å². The van der Waals surface area contributed by atoms with Crippen molar-refractivity contribution >= 4 is 17.8 Å². The smallest absolute Gasteiger partial charge is 0.471 e. The average Bonchev–Trinajstić information content (AvgIpc) is 2.56. The van der Waals surface area contributed by atoms with Gasteiger partial charge in [-0.05, 0) is 24.3 Å². The largest absolute Gasteiger partial charge is 0.481 e. The number of benzene rings is 1. The van der Waals surface area contributed by atoms with E-state index in [4.69, 9.17) is 5.11 Å². The third-order valence-electron chi connectivity index (χ3n) is 3.87. The van der Waals surface area contributed by atoms with Crippen molar-refractivity contribution in [2.24, 2.45) is 5.92 Å². The number of amides is 2. The van der Waals surface area contributed by atoms with E-state index in [0.717, 1.165) is 5.56 Å². The highest BCUT2D eigenvalue weighted by Crippen LogP contribution is 2.16. The minimum atomic E-state index is -5.10. The van der Waals surface area contributed by atoms with Crippen molar-refractivity contribution in [2.45, 2.75) is 51.4 Å². The second-order valence-electron chi connectivity index (χ2n) is 6.52. The molecule has 1 aromatic carbocycles. The predicted molar refractivity (Wildman–Crippen MR) is 91.8 cm³/mol. The molecular weight excluding hydrogens is 365 g/mol. The molecule has 0 aliphatic carbocycles. The van der Waals surface area contributed by atoms with Gasteiger partial charge in [-0.1, -0.05) is 44.2 Å². The number of rotatable bonds is 9. The number of hydrogen-bond acceptors (Lipinski definition) is 3. The third kappa shape index (κ3) is 8.10. The monoisotopic (exact) mass is 388 g/mol. The summed E-state index contributed by atoms with van der Waals surface area (Å²) >= 11 is 0. The van der Waals surface area contributed by atoms with Crippen LogP contribution >= 0.6 is 0 Å². The van der Waals surface area contributed by atoms with Crippen LogP contribution in [0.4, 0.5) is 13.2 Å². The number of carboxylic acids is 1. The zero-order valence-corrected chi connectivity index (χ0v) is 15.0. The fourth-order valence-electron chi connectivity index (χ4n) is 2.47. The SMILES string of the molecule is CC(C)[C@H](NC(=O)C(F)(F)F)C(=O)NC(CCC(=O)O)Cc1ccccc1. The molecule has 9 heteroatoms. The van der Waals surface area contributed by atoms with Gasteiger partial charge in [0.1, 0.15) is 6.04 Å². The highest BCUT2D eigenvalue weighted by molar-refractivity contribution is 5.90. The van der Waals surface area contributed by atoms with Crippen molar-refractivity contribution in [1.82, 2.24) is 10.6 Å². The lowest BCUT2D eigenvalue weighted by Crippen LogP contribution is -2.55. The summed E-state index contributed by atoms with van der Waals surface area (Å²) in [6, 6.07) is 6.98. The first-order chi connectivity index (χ1) is 12.5. The van der Waals surface area contributed by atoms with Crippen molar-refractivity contribution in [2.75, 3.05) is 0 Å². The lowest BCUT2D eigenvalue weighted by Gasteiger charge is -2.26. The van der Waals surface area contributed by atoms with Crippen LogP contribution in [0.3, 0.4) is 0 Å². The number of carboxylic acid groups (broad SMARTS) is 1. The van der Waals surface area contributed by atoms with Gasteiger partial charge in [0, 0.05) is 12.5 Å². The zero-order chi connectivity index (χ0) is 20.6. The summed E-state index contributed by atoms with van der Waals surface area (Å²) in [5, 5.41) is 13.1. The minimum absolute atomic E-state index is 0.105. The van der Waals surface area contributed by atoms with Gasteiger partial charge < -0.3 is 15.7 Å². The second kappa shape index (κ2) is 9.94. The molecule has 0 spiro atoms. The molecule has 0 saturated heterocycles. The van der Waals surface area contributed by atoms with Crippen LogP contribution < -0.4 is 10.6 Å². The Morgan fingerprint density at radius 3 is 2.15 bits per heavy atom. The molecule has 3 N–H and O–H groups in total. The highest BCUT2D eigenvalue weighted by Gasteiger charge is 2.41. The summed E-state index contributed by atoms with van der Waals surface area (Å²) in [5.74, 6) is -4.61. The van der Waals surface area contributed by atoms with Crippen LogP contribution in [0.2, 0.25) is 0 Å². The summed E-state index contributed by atoms with van der Waals surface area (Å²) in [5.41, 5.74) is 0.841. The first-order valence-corrected chi connectivity index (χ1v) is 8.44. The van der Waals surface area contributed by atoms with Crippen molar-refractivity contribution in [3.63, 3.8) is 0 Å². The van der Waals surface area contributed by atoms with E-state index in [1.807, 2.05) is 0 Å². The first-order valence-electron chi connectivity index (χ1n) is 8.44. The van der Waals surface area contributed by atoms with Crippen molar-refractivity contribution in [1.29, 1.82) is 0 Å². The average molecular weight is 388 g/mol. The molecule has 0 fully saturated rings. The van der Waals surface area contributed by atoms with Gasteiger partial charge in [0.2, 0.25) is 5.91 Å². The number of aliphatic carboxylic acids is 1. The molecular formula is C18H23F3N2O4. The topological polar surface area (TPSA) is 95.5 Å². The molecule has 0 aromatic heterocycles. The summed E-state index contributed by atoms with van der Waals surface area (Å²) < 4.78 is 37.5. The summed E-state index contributed by atoms with van der Waals surface area (Å²) in [7, 11) is 0. The molecule has 2 amide bonds. The maximum Gasteiger partial charge on any atom is 0.471 e. The summed E-state index contributed by atoms with van der Waals surface area (Å²) in [6.07, 6.45) is -4.88. The molecule has 150 valence electrons. The standard InChI is InChI=1S/C18H23F3N2O4/c1-11(2)15(23-17(27)18(19,20)21)16(26)22-13(8-9-14(24)25)10-12-6-4-3-5-7-12/h3-7,11,13,15H,8-10H2,1-2H3,(H,22,26)(H,23,27)(H,24,25)/t13?,15-/m0/s1. The van der Waals surface area contributed by atoms with E-state index in [9.17, 15) is 27.6 Å². The number of halogens is 3. The summed E-state index contributed by atoms with van der Waals surface area (Å²) in [6.45, 7) is 3.01. The number of nitrogens with one attached hydrogen (secondary N) is 2. The highest BCUT2D eigenvalue weighted by atomic mass is 19.4. The van der Waals surface area contributed by atoms with Crippen LogP contribution in [0.1, 0.15) is 32.3 Å². The molecule has 0 aliphatic heterocycles. The van der Waals surface area contributed by atoms with Gasteiger partial charge in [0.15, 0.2) is 0 Å². The molecule has 1 rings (SSSR count). The van der Waals surface area contributed by atoms with Gasteiger partial charge in [-0.2, -0.15) is 13.2 Å². The maximum absolute atomic E-state index is 12.5.